The lowest BCUT2D eigenvalue weighted by Gasteiger charge is -2.23. The topological polar surface area (TPSA) is 117 Å². The third-order valence-corrected chi connectivity index (χ3v) is 4.65. The number of rotatable bonds is 11. The summed E-state index contributed by atoms with van der Waals surface area (Å²) in [5, 5.41) is 6.23. The zero-order valence-corrected chi connectivity index (χ0v) is 18.1. The minimum atomic E-state index is -1.02. The van der Waals surface area contributed by atoms with Crippen molar-refractivity contribution in [1.82, 2.24) is 15.6 Å². The van der Waals surface area contributed by atoms with E-state index in [0.717, 1.165) is 16.5 Å². The van der Waals surface area contributed by atoms with Crippen LogP contribution in [0.15, 0.2) is 43.1 Å². The van der Waals surface area contributed by atoms with Crippen LogP contribution in [-0.2, 0) is 30.3 Å². The SMILES string of the molecule is C=CC(=O)CC[C@H](NC(=O)[C@H](Cc1c[nH]c2ccccc12)NC(C)=O)C(=O)OC(C)C. The van der Waals surface area contributed by atoms with E-state index in [1.165, 1.54) is 13.0 Å². The first-order valence-corrected chi connectivity index (χ1v) is 10.2. The highest BCUT2D eigenvalue weighted by atomic mass is 16.5. The average Bonchev–Trinajstić information content (AvgIpc) is 3.12. The molecule has 0 aliphatic heterocycles. The molecule has 31 heavy (non-hydrogen) atoms. The molecule has 3 N–H and O–H groups in total. The highest BCUT2D eigenvalue weighted by molar-refractivity contribution is 5.93. The number of H-pyrrole nitrogens is 1. The number of ketones is 1. The molecule has 1 aromatic heterocycles. The fourth-order valence-corrected chi connectivity index (χ4v) is 3.20. The summed E-state index contributed by atoms with van der Waals surface area (Å²) < 4.78 is 5.22. The number of para-hydroxylation sites is 1. The molecule has 2 aromatic rings. The van der Waals surface area contributed by atoms with Crippen LogP contribution in [0.25, 0.3) is 10.9 Å². The molecule has 2 atom stereocenters. The van der Waals surface area contributed by atoms with Crippen LogP contribution in [0.5, 0.6) is 0 Å². The number of carbonyl (C=O) groups excluding carboxylic acids is 4. The molecular weight excluding hydrogens is 398 g/mol. The maximum absolute atomic E-state index is 13.0. The number of nitrogens with one attached hydrogen (secondary N) is 3. The quantitative estimate of drug-likeness (QED) is 0.375. The fourth-order valence-electron chi connectivity index (χ4n) is 3.20. The number of aromatic amines is 1. The second-order valence-corrected chi connectivity index (χ2v) is 7.57. The molecule has 0 aliphatic carbocycles. The molecule has 1 heterocycles. The molecule has 8 heteroatoms. The molecular formula is C23H29N3O5. The lowest BCUT2D eigenvalue weighted by Crippen LogP contribution is -2.52. The van der Waals surface area contributed by atoms with E-state index >= 15 is 0 Å². The lowest BCUT2D eigenvalue weighted by atomic mass is 10.0. The number of amides is 2. The maximum atomic E-state index is 13.0. The number of allylic oxidation sites excluding steroid dienone is 1. The first-order chi connectivity index (χ1) is 14.7. The molecule has 8 nitrogen and oxygen atoms in total. The van der Waals surface area contributed by atoms with Crippen LogP contribution >= 0.6 is 0 Å². The predicted molar refractivity (Wildman–Crippen MR) is 117 cm³/mol. The summed E-state index contributed by atoms with van der Waals surface area (Å²) in [6, 6.07) is 5.71. The predicted octanol–water partition coefficient (Wildman–Crippen LogP) is 2.19. The van der Waals surface area contributed by atoms with Gasteiger partial charge in [-0.1, -0.05) is 24.8 Å². The molecule has 0 bridgehead atoms. The number of ether oxygens (including phenoxy) is 1. The van der Waals surface area contributed by atoms with E-state index in [-0.39, 0.29) is 37.1 Å². The molecule has 0 unspecified atom stereocenters. The van der Waals surface area contributed by atoms with Gasteiger partial charge in [0.25, 0.3) is 0 Å². The Morgan fingerprint density at radius 2 is 1.84 bits per heavy atom. The number of benzene rings is 1. The molecule has 0 spiro atoms. The van der Waals surface area contributed by atoms with Gasteiger partial charge >= 0.3 is 5.97 Å². The van der Waals surface area contributed by atoms with Crippen LogP contribution in [0, 0.1) is 0 Å². The molecule has 166 valence electrons. The van der Waals surface area contributed by atoms with Crippen molar-refractivity contribution in [3.05, 3.63) is 48.7 Å². The van der Waals surface area contributed by atoms with Gasteiger partial charge < -0.3 is 20.4 Å². The smallest absolute Gasteiger partial charge is 0.328 e. The molecule has 0 fully saturated rings. The van der Waals surface area contributed by atoms with Crippen molar-refractivity contribution in [2.45, 2.75) is 58.2 Å². The Morgan fingerprint density at radius 1 is 1.13 bits per heavy atom. The van der Waals surface area contributed by atoms with Gasteiger partial charge in [-0.25, -0.2) is 4.79 Å². The van der Waals surface area contributed by atoms with E-state index in [2.05, 4.69) is 22.2 Å². The Bertz CT molecular complexity index is 963. The van der Waals surface area contributed by atoms with Crippen molar-refractivity contribution < 1.29 is 23.9 Å². The van der Waals surface area contributed by atoms with E-state index in [9.17, 15) is 19.2 Å². The first kappa shape index (κ1) is 23.9. The van der Waals surface area contributed by atoms with E-state index in [4.69, 9.17) is 4.74 Å². The molecule has 2 amide bonds. The van der Waals surface area contributed by atoms with Crippen molar-refractivity contribution in [3.8, 4) is 0 Å². The molecule has 1 aromatic carbocycles. The second kappa shape index (κ2) is 11.1. The van der Waals surface area contributed by atoms with E-state index < -0.39 is 24.0 Å². The van der Waals surface area contributed by atoms with Gasteiger partial charge in [-0.05, 0) is 38.0 Å². The molecule has 2 rings (SSSR count). The Hall–Kier alpha value is -3.42. The van der Waals surface area contributed by atoms with Gasteiger partial charge in [-0.15, -0.1) is 0 Å². The molecule has 0 radical (unpaired) electrons. The third-order valence-electron chi connectivity index (χ3n) is 4.65. The summed E-state index contributed by atoms with van der Waals surface area (Å²) in [6.45, 7) is 8.13. The molecule has 0 saturated carbocycles. The molecule has 0 saturated heterocycles. The third kappa shape index (κ3) is 7.09. The minimum Gasteiger partial charge on any atom is -0.461 e. The number of carbonyl (C=O) groups is 4. The van der Waals surface area contributed by atoms with Gasteiger partial charge in [0.1, 0.15) is 12.1 Å². The largest absolute Gasteiger partial charge is 0.461 e. The highest BCUT2D eigenvalue weighted by Gasteiger charge is 2.28. The highest BCUT2D eigenvalue weighted by Crippen LogP contribution is 2.19. The number of hydrogen-bond donors (Lipinski definition) is 3. The van der Waals surface area contributed by atoms with Gasteiger partial charge in [-0.2, -0.15) is 0 Å². The minimum absolute atomic E-state index is 0.0366. The van der Waals surface area contributed by atoms with Crippen molar-refractivity contribution in [2.75, 3.05) is 0 Å². The summed E-state index contributed by atoms with van der Waals surface area (Å²) >= 11 is 0. The van der Waals surface area contributed by atoms with Crippen molar-refractivity contribution >= 4 is 34.5 Å². The summed E-state index contributed by atoms with van der Waals surface area (Å²) in [6.07, 6.45) is 2.92. The van der Waals surface area contributed by atoms with E-state index in [0.29, 0.717) is 0 Å². The van der Waals surface area contributed by atoms with Crippen LogP contribution in [0.1, 0.15) is 39.2 Å². The van der Waals surface area contributed by atoms with Gasteiger partial charge in [0.2, 0.25) is 11.8 Å². The Kier molecular flexibility index (Phi) is 8.54. The van der Waals surface area contributed by atoms with Gasteiger partial charge in [0, 0.05) is 36.9 Å². The summed E-state index contributed by atoms with van der Waals surface area (Å²) in [5.74, 6) is -1.77. The van der Waals surface area contributed by atoms with Gasteiger partial charge in [0.15, 0.2) is 5.78 Å². The van der Waals surface area contributed by atoms with E-state index in [1.54, 1.807) is 20.0 Å². The van der Waals surface area contributed by atoms with Gasteiger partial charge in [-0.3, -0.25) is 14.4 Å². The average molecular weight is 428 g/mol. The molecule has 0 aliphatic rings. The summed E-state index contributed by atoms with van der Waals surface area (Å²) in [4.78, 5) is 51.9. The van der Waals surface area contributed by atoms with Crippen LogP contribution in [-0.4, -0.2) is 46.7 Å². The summed E-state index contributed by atoms with van der Waals surface area (Å²) in [5.41, 5.74) is 1.77. The zero-order chi connectivity index (χ0) is 23.0. The number of esters is 1. The second-order valence-electron chi connectivity index (χ2n) is 7.57. The van der Waals surface area contributed by atoms with E-state index in [1.807, 2.05) is 24.3 Å². The van der Waals surface area contributed by atoms with Crippen LogP contribution < -0.4 is 10.6 Å². The van der Waals surface area contributed by atoms with Crippen molar-refractivity contribution in [2.24, 2.45) is 0 Å². The van der Waals surface area contributed by atoms with Crippen LogP contribution in [0.3, 0.4) is 0 Å². The lowest BCUT2D eigenvalue weighted by molar-refractivity contribution is -0.151. The summed E-state index contributed by atoms with van der Waals surface area (Å²) in [7, 11) is 0. The number of aromatic nitrogens is 1. The number of hydrogen-bond acceptors (Lipinski definition) is 5. The monoisotopic (exact) mass is 427 g/mol. The first-order valence-electron chi connectivity index (χ1n) is 10.2. The number of fused-ring (bicyclic) bond motifs is 1. The van der Waals surface area contributed by atoms with Crippen molar-refractivity contribution in [3.63, 3.8) is 0 Å². The standard InChI is InChI=1S/C23H29N3O5/c1-5-17(28)10-11-20(23(30)31-14(2)3)26-22(29)21(25-15(4)27)12-16-13-24-19-9-7-6-8-18(16)19/h5-9,13-14,20-21,24H,1,10-12H2,2-4H3,(H,25,27)(H,26,29)/t20-,21-/m0/s1. The maximum Gasteiger partial charge on any atom is 0.328 e. The Morgan fingerprint density at radius 3 is 2.48 bits per heavy atom. The normalized spacial score (nSPS) is 12.8. The zero-order valence-electron chi connectivity index (χ0n) is 18.1. The van der Waals surface area contributed by atoms with Crippen LogP contribution in [0.4, 0.5) is 0 Å². The Labute approximate surface area is 181 Å². The van der Waals surface area contributed by atoms with Crippen LogP contribution in [0.2, 0.25) is 0 Å². The van der Waals surface area contributed by atoms with Gasteiger partial charge in [0.05, 0.1) is 6.10 Å². The fraction of sp³-hybridized carbons (Fsp3) is 0.391. The Balaban J connectivity index is 2.19. The van der Waals surface area contributed by atoms with Crippen molar-refractivity contribution in [1.29, 1.82) is 0 Å².